The lowest BCUT2D eigenvalue weighted by Gasteiger charge is -2.13. The van der Waals surface area contributed by atoms with E-state index in [1.54, 1.807) is 6.92 Å². The Morgan fingerprint density at radius 2 is 1.88 bits per heavy atom. The van der Waals surface area contributed by atoms with Gasteiger partial charge in [-0.2, -0.15) is 0 Å². The normalized spacial score (nSPS) is 11.6. The van der Waals surface area contributed by atoms with Gasteiger partial charge in [0.2, 0.25) is 0 Å². The summed E-state index contributed by atoms with van der Waals surface area (Å²) >= 11 is 0. The molecule has 0 radical (unpaired) electrons. The van der Waals surface area contributed by atoms with E-state index in [1.807, 2.05) is 0 Å². The van der Waals surface area contributed by atoms with E-state index in [4.69, 9.17) is 10.2 Å². The van der Waals surface area contributed by atoms with Gasteiger partial charge in [0.15, 0.2) is 0 Å². The molecule has 1 unspecified atom stereocenters. The molecule has 0 heterocycles. The molecule has 3 N–H and O–H groups in total. The Bertz CT molecular complexity index is 278. The van der Waals surface area contributed by atoms with E-state index < -0.39 is 24.1 Å². The average molecular weight is 247 g/mol. The van der Waals surface area contributed by atoms with Crippen molar-refractivity contribution in [2.75, 3.05) is 6.61 Å². The lowest BCUT2D eigenvalue weighted by Crippen LogP contribution is -2.41. The van der Waals surface area contributed by atoms with Crippen LogP contribution < -0.4 is 5.32 Å². The first-order chi connectivity index (χ1) is 7.97. The molecule has 0 aliphatic carbocycles. The number of carbonyl (C=O) groups excluding carboxylic acids is 1. The minimum Gasteiger partial charge on any atom is -0.481 e. The third-order valence-corrected chi connectivity index (χ3v) is 2.00. The van der Waals surface area contributed by atoms with Gasteiger partial charge in [0.05, 0.1) is 6.61 Å². The summed E-state index contributed by atoms with van der Waals surface area (Å²) in [5.41, 5.74) is 0. The molecule has 0 saturated carbocycles. The number of unbranched alkanes of at least 4 members (excludes halogenated alkanes) is 1. The van der Waals surface area contributed by atoms with Crippen LogP contribution >= 0.6 is 0 Å². The summed E-state index contributed by atoms with van der Waals surface area (Å²) in [4.78, 5) is 32.0. The Labute approximate surface area is 98.8 Å². The molecule has 0 bridgehead atoms. The Balaban J connectivity index is 3.95. The number of amides is 1. The van der Waals surface area contributed by atoms with Crippen molar-refractivity contribution in [3.63, 3.8) is 0 Å². The summed E-state index contributed by atoms with van der Waals surface area (Å²) in [5, 5.41) is 19.4. The number of hydrogen-bond acceptors (Lipinski definition) is 4. The first-order valence-electron chi connectivity index (χ1n) is 5.35. The van der Waals surface area contributed by atoms with Crippen molar-refractivity contribution in [3.8, 4) is 0 Å². The molecule has 0 saturated heterocycles. The maximum atomic E-state index is 11.0. The highest BCUT2D eigenvalue weighted by Crippen LogP contribution is 2.04. The van der Waals surface area contributed by atoms with Crippen LogP contribution in [0.2, 0.25) is 0 Å². The van der Waals surface area contributed by atoms with Crippen LogP contribution in [0, 0.1) is 0 Å². The number of rotatable bonds is 8. The number of alkyl carbamates (subject to hydrolysis) is 1. The number of carbonyl (C=O) groups is 3. The van der Waals surface area contributed by atoms with Gasteiger partial charge in [0, 0.05) is 6.42 Å². The average Bonchev–Trinajstić information content (AvgIpc) is 2.22. The highest BCUT2D eigenvalue weighted by molar-refractivity contribution is 5.79. The lowest BCUT2D eigenvalue weighted by molar-refractivity contribution is -0.139. The minimum absolute atomic E-state index is 0.00819. The first-order valence-corrected chi connectivity index (χ1v) is 5.35. The van der Waals surface area contributed by atoms with Gasteiger partial charge in [-0.3, -0.25) is 4.79 Å². The SMILES string of the molecule is CCOC(=O)NC(CCCCC(=O)O)C(=O)O. The monoisotopic (exact) mass is 247 g/mol. The quantitative estimate of drug-likeness (QED) is 0.547. The molecule has 1 atom stereocenters. The van der Waals surface area contributed by atoms with E-state index in [2.05, 4.69) is 10.1 Å². The predicted molar refractivity (Wildman–Crippen MR) is 57.7 cm³/mol. The predicted octanol–water partition coefficient (Wildman–Crippen LogP) is 0.831. The second kappa shape index (κ2) is 8.37. The van der Waals surface area contributed by atoms with Crippen molar-refractivity contribution in [3.05, 3.63) is 0 Å². The molecular weight excluding hydrogens is 230 g/mol. The van der Waals surface area contributed by atoms with E-state index >= 15 is 0 Å². The zero-order valence-corrected chi connectivity index (χ0v) is 9.64. The maximum Gasteiger partial charge on any atom is 0.407 e. The van der Waals surface area contributed by atoms with Gasteiger partial charge in [-0.1, -0.05) is 6.42 Å². The Morgan fingerprint density at radius 3 is 2.35 bits per heavy atom. The van der Waals surface area contributed by atoms with Crippen LogP contribution in [0.5, 0.6) is 0 Å². The number of hydrogen-bond donors (Lipinski definition) is 3. The van der Waals surface area contributed by atoms with Gasteiger partial charge in [-0.15, -0.1) is 0 Å². The van der Waals surface area contributed by atoms with Crippen LogP contribution in [0.4, 0.5) is 4.79 Å². The van der Waals surface area contributed by atoms with Crippen molar-refractivity contribution in [1.29, 1.82) is 0 Å². The topological polar surface area (TPSA) is 113 Å². The van der Waals surface area contributed by atoms with Gasteiger partial charge in [0.25, 0.3) is 0 Å². The van der Waals surface area contributed by atoms with Crippen LogP contribution in [0.25, 0.3) is 0 Å². The van der Waals surface area contributed by atoms with Crippen molar-refractivity contribution in [2.45, 2.75) is 38.6 Å². The zero-order chi connectivity index (χ0) is 13.3. The Hall–Kier alpha value is -1.79. The number of aliphatic carboxylic acids is 2. The minimum atomic E-state index is -1.16. The molecule has 0 aromatic heterocycles. The molecule has 0 aromatic carbocycles. The van der Waals surface area contributed by atoms with Crippen molar-refractivity contribution < 1.29 is 29.3 Å². The summed E-state index contributed by atoms with van der Waals surface area (Å²) in [6.07, 6.45) is 0.185. The third-order valence-electron chi connectivity index (χ3n) is 2.00. The molecule has 0 aliphatic heterocycles. The molecule has 98 valence electrons. The van der Waals surface area contributed by atoms with E-state index in [9.17, 15) is 14.4 Å². The molecule has 1 amide bonds. The van der Waals surface area contributed by atoms with Crippen molar-refractivity contribution >= 4 is 18.0 Å². The summed E-state index contributed by atoms with van der Waals surface area (Å²) in [5.74, 6) is -2.08. The lowest BCUT2D eigenvalue weighted by atomic mass is 10.1. The first kappa shape index (κ1) is 15.2. The molecule has 7 nitrogen and oxygen atoms in total. The fraction of sp³-hybridized carbons (Fsp3) is 0.700. The van der Waals surface area contributed by atoms with Gasteiger partial charge in [-0.05, 0) is 19.8 Å². The fourth-order valence-corrected chi connectivity index (χ4v) is 1.20. The van der Waals surface area contributed by atoms with Crippen LogP contribution in [0.1, 0.15) is 32.6 Å². The Kier molecular flexibility index (Phi) is 7.49. The van der Waals surface area contributed by atoms with Gasteiger partial charge < -0.3 is 20.3 Å². The van der Waals surface area contributed by atoms with E-state index in [0.717, 1.165) is 0 Å². The second-order valence-electron chi connectivity index (χ2n) is 3.40. The number of carboxylic acids is 2. The maximum absolute atomic E-state index is 11.0. The van der Waals surface area contributed by atoms with Gasteiger partial charge >= 0.3 is 18.0 Å². The number of carboxylic acid groups (broad SMARTS) is 2. The molecule has 0 rings (SSSR count). The van der Waals surface area contributed by atoms with Gasteiger partial charge in [-0.25, -0.2) is 9.59 Å². The Morgan fingerprint density at radius 1 is 1.24 bits per heavy atom. The largest absolute Gasteiger partial charge is 0.481 e. The highest BCUT2D eigenvalue weighted by atomic mass is 16.5. The summed E-state index contributed by atoms with van der Waals surface area (Å²) < 4.78 is 4.56. The number of ether oxygens (including phenoxy) is 1. The standard InChI is InChI=1S/C10H17NO6/c1-2-17-10(16)11-7(9(14)15)5-3-4-6-8(12)13/h7H,2-6H2,1H3,(H,11,16)(H,12,13)(H,14,15). The summed E-state index contributed by atoms with van der Waals surface area (Å²) in [7, 11) is 0. The molecule has 0 fully saturated rings. The molecule has 0 spiro atoms. The summed E-state index contributed by atoms with van der Waals surface area (Å²) in [6.45, 7) is 1.78. The van der Waals surface area contributed by atoms with E-state index in [0.29, 0.717) is 12.8 Å². The smallest absolute Gasteiger partial charge is 0.407 e. The van der Waals surface area contributed by atoms with Crippen LogP contribution in [0.15, 0.2) is 0 Å². The highest BCUT2D eigenvalue weighted by Gasteiger charge is 2.19. The second-order valence-corrected chi connectivity index (χ2v) is 3.40. The van der Waals surface area contributed by atoms with Crippen molar-refractivity contribution in [2.24, 2.45) is 0 Å². The molecule has 17 heavy (non-hydrogen) atoms. The fourth-order valence-electron chi connectivity index (χ4n) is 1.20. The van der Waals surface area contributed by atoms with Crippen molar-refractivity contribution in [1.82, 2.24) is 5.32 Å². The van der Waals surface area contributed by atoms with Crippen LogP contribution in [-0.2, 0) is 14.3 Å². The molecule has 0 aromatic rings. The molecular formula is C10H17NO6. The van der Waals surface area contributed by atoms with E-state index in [1.165, 1.54) is 0 Å². The van der Waals surface area contributed by atoms with E-state index in [-0.39, 0.29) is 19.4 Å². The number of nitrogens with one attached hydrogen (secondary N) is 1. The third kappa shape index (κ3) is 8.06. The molecule has 7 heteroatoms. The zero-order valence-electron chi connectivity index (χ0n) is 9.64. The summed E-state index contributed by atoms with van der Waals surface area (Å²) in [6, 6.07) is -1.04. The van der Waals surface area contributed by atoms with Crippen LogP contribution in [0.3, 0.4) is 0 Å². The van der Waals surface area contributed by atoms with Gasteiger partial charge in [0.1, 0.15) is 6.04 Å². The molecule has 0 aliphatic rings. The van der Waals surface area contributed by atoms with Crippen LogP contribution in [-0.4, -0.2) is 40.9 Å².